The van der Waals surface area contributed by atoms with Gasteiger partial charge in [0.05, 0.1) is 23.6 Å². The molecule has 2 heterocycles. The van der Waals surface area contributed by atoms with E-state index in [0.717, 1.165) is 5.56 Å². The molecule has 8 nitrogen and oxygen atoms in total. The summed E-state index contributed by atoms with van der Waals surface area (Å²) < 4.78 is 2.86. The highest BCUT2D eigenvalue weighted by Gasteiger charge is 2.13. The molecule has 0 spiro atoms. The van der Waals surface area contributed by atoms with E-state index in [9.17, 15) is 14.8 Å². The van der Waals surface area contributed by atoms with Gasteiger partial charge in [-0.2, -0.15) is 0 Å². The smallest absolute Gasteiger partial charge is 0.364 e. The van der Waals surface area contributed by atoms with Gasteiger partial charge in [-0.25, -0.2) is 9.48 Å². The molecule has 0 atom stereocenters. The third-order valence-electron chi connectivity index (χ3n) is 4.47. The third kappa shape index (κ3) is 2.96. The van der Waals surface area contributed by atoms with Gasteiger partial charge in [0.2, 0.25) is 0 Å². The Labute approximate surface area is 167 Å². The highest BCUT2D eigenvalue weighted by Crippen LogP contribution is 2.26. The number of nitrogens with zero attached hydrogens (tertiary/aromatic N) is 5. The highest BCUT2D eigenvalue weighted by molar-refractivity contribution is 6.35. The molecule has 142 valence electrons. The number of aryl methyl sites for hydroxylation is 1. The molecule has 0 radical (unpaired) electrons. The number of aromatic nitrogens is 5. The summed E-state index contributed by atoms with van der Waals surface area (Å²) in [6.45, 7) is 0.330. The van der Waals surface area contributed by atoms with Gasteiger partial charge in [0.15, 0.2) is 0 Å². The van der Waals surface area contributed by atoms with E-state index in [1.807, 2.05) is 0 Å². The molecule has 10 heteroatoms. The van der Waals surface area contributed by atoms with Gasteiger partial charge in [0.25, 0.3) is 5.56 Å². The Morgan fingerprint density at radius 1 is 1.11 bits per heavy atom. The summed E-state index contributed by atoms with van der Waals surface area (Å²) in [5.41, 5.74) is 0.642. The van der Waals surface area contributed by atoms with Crippen LogP contribution in [0.5, 0.6) is 0 Å². The quantitative estimate of drug-likeness (QED) is 0.516. The summed E-state index contributed by atoms with van der Waals surface area (Å²) in [6, 6.07) is 10.2. The maximum Gasteiger partial charge on any atom is 0.364 e. The minimum Gasteiger partial charge on any atom is -0.421 e. The van der Waals surface area contributed by atoms with E-state index in [0.29, 0.717) is 33.4 Å². The Balaban J connectivity index is 1.76. The van der Waals surface area contributed by atoms with E-state index in [1.54, 1.807) is 47.3 Å². The second-order valence-corrected chi connectivity index (χ2v) is 7.01. The standard InChI is InChI=1S/C18H13Cl2N5O3/c1-23-16-6-5-10(7-11(16)17(26)25(28)18(23)27)15-9-24(22-21-15)8-12-13(19)3-2-4-14(12)20/h2-7,9,28H,8H2,1H3. The minimum absolute atomic E-state index is 0.0857. The Kier molecular flexibility index (Phi) is 4.44. The van der Waals surface area contributed by atoms with Crippen LogP contribution in [0.3, 0.4) is 0 Å². The van der Waals surface area contributed by atoms with Crippen molar-refractivity contribution in [2.75, 3.05) is 0 Å². The average molecular weight is 418 g/mol. The van der Waals surface area contributed by atoms with Gasteiger partial charge in [0, 0.05) is 28.2 Å². The van der Waals surface area contributed by atoms with Crippen LogP contribution < -0.4 is 11.2 Å². The van der Waals surface area contributed by atoms with Crippen LogP contribution in [0.25, 0.3) is 22.2 Å². The molecular formula is C18H13Cl2N5O3. The molecule has 0 aliphatic heterocycles. The number of rotatable bonds is 3. The summed E-state index contributed by atoms with van der Waals surface area (Å²) in [4.78, 5) is 24.1. The van der Waals surface area contributed by atoms with Crippen molar-refractivity contribution >= 4 is 34.1 Å². The van der Waals surface area contributed by atoms with Crippen molar-refractivity contribution in [1.82, 2.24) is 24.3 Å². The van der Waals surface area contributed by atoms with Crippen LogP contribution in [0.15, 0.2) is 52.2 Å². The summed E-state index contributed by atoms with van der Waals surface area (Å²) in [7, 11) is 1.47. The Bertz CT molecular complexity index is 1320. The lowest BCUT2D eigenvalue weighted by atomic mass is 10.1. The van der Waals surface area contributed by atoms with E-state index in [2.05, 4.69) is 10.3 Å². The lowest BCUT2D eigenvalue weighted by molar-refractivity contribution is 0.158. The van der Waals surface area contributed by atoms with E-state index in [4.69, 9.17) is 23.2 Å². The maximum absolute atomic E-state index is 12.2. The van der Waals surface area contributed by atoms with Crippen molar-refractivity contribution in [3.8, 4) is 11.3 Å². The third-order valence-corrected chi connectivity index (χ3v) is 5.17. The molecule has 0 amide bonds. The highest BCUT2D eigenvalue weighted by atomic mass is 35.5. The number of hydrogen-bond acceptors (Lipinski definition) is 5. The average Bonchev–Trinajstić information content (AvgIpc) is 3.16. The summed E-state index contributed by atoms with van der Waals surface area (Å²) >= 11 is 12.4. The van der Waals surface area contributed by atoms with E-state index < -0.39 is 11.2 Å². The summed E-state index contributed by atoms with van der Waals surface area (Å²) in [5, 5.41) is 19.1. The molecule has 0 saturated carbocycles. The molecule has 0 saturated heterocycles. The zero-order valence-electron chi connectivity index (χ0n) is 14.5. The molecule has 0 unspecified atom stereocenters. The SMILES string of the molecule is Cn1c(=O)n(O)c(=O)c2cc(-c3cn(Cc4c(Cl)cccc4Cl)nn3)ccc21. The molecule has 28 heavy (non-hydrogen) atoms. The van der Waals surface area contributed by atoms with Crippen LogP contribution in [0.4, 0.5) is 0 Å². The van der Waals surface area contributed by atoms with Gasteiger partial charge in [0.1, 0.15) is 5.69 Å². The lowest BCUT2D eigenvalue weighted by Crippen LogP contribution is -2.37. The first-order valence-electron chi connectivity index (χ1n) is 8.15. The summed E-state index contributed by atoms with van der Waals surface area (Å²) in [5.74, 6) is 0. The lowest BCUT2D eigenvalue weighted by Gasteiger charge is -2.07. The van der Waals surface area contributed by atoms with E-state index >= 15 is 0 Å². The molecule has 2 aromatic carbocycles. The zero-order valence-corrected chi connectivity index (χ0v) is 16.0. The second-order valence-electron chi connectivity index (χ2n) is 6.19. The maximum atomic E-state index is 12.2. The molecule has 4 rings (SSSR count). The molecule has 0 bridgehead atoms. The molecule has 1 N–H and O–H groups in total. The fourth-order valence-electron chi connectivity index (χ4n) is 2.96. The topological polar surface area (TPSA) is 94.9 Å². The number of halogens is 2. The van der Waals surface area contributed by atoms with Gasteiger partial charge in [-0.3, -0.25) is 9.36 Å². The first kappa shape index (κ1) is 18.3. The van der Waals surface area contributed by atoms with E-state index in [-0.39, 0.29) is 10.1 Å². The normalized spacial score (nSPS) is 11.2. The van der Waals surface area contributed by atoms with Crippen LogP contribution in [0.2, 0.25) is 10.0 Å². The van der Waals surface area contributed by atoms with Crippen molar-refractivity contribution in [3.63, 3.8) is 0 Å². The first-order chi connectivity index (χ1) is 13.4. The molecule has 0 fully saturated rings. The monoisotopic (exact) mass is 417 g/mol. The van der Waals surface area contributed by atoms with Gasteiger partial charge < -0.3 is 5.21 Å². The Morgan fingerprint density at radius 2 is 1.82 bits per heavy atom. The fraction of sp³-hybridized carbons (Fsp3) is 0.111. The second kappa shape index (κ2) is 6.81. The van der Waals surface area contributed by atoms with Crippen LogP contribution in [-0.2, 0) is 13.6 Å². The van der Waals surface area contributed by atoms with Crippen molar-refractivity contribution in [2.45, 2.75) is 6.54 Å². The molecule has 0 aliphatic rings. The molecular weight excluding hydrogens is 405 g/mol. The predicted molar refractivity (Wildman–Crippen MR) is 105 cm³/mol. The Hall–Kier alpha value is -3.10. The van der Waals surface area contributed by atoms with Crippen LogP contribution in [0, 0.1) is 0 Å². The van der Waals surface area contributed by atoms with Gasteiger partial charge in [-0.05, 0) is 24.3 Å². The van der Waals surface area contributed by atoms with Crippen molar-refractivity contribution in [3.05, 3.63) is 79.0 Å². The minimum atomic E-state index is -0.812. The van der Waals surface area contributed by atoms with Gasteiger partial charge >= 0.3 is 5.69 Å². The van der Waals surface area contributed by atoms with Crippen molar-refractivity contribution in [2.24, 2.45) is 7.05 Å². The number of benzene rings is 2. The van der Waals surface area contributed by atoms with Crippen LogP contribution in [0.1, 0.15) is 5.56 Å². The van der Waals surface area contributed by atoms with E-state index in [1.165, 1.54) is 11.6 Å². The van der Waals surface area contributed by atoms with Crippen LogP contribution >= 0.6 is 23.2 Å². The number of fused-ring (bicyclic) bond motifs is 1. The zero-order chi connectivity index (χ0) is 20.0. The molecule has 2 aromatic heterocycles. The molecule has 4 aromatic rings. The first-order valence-corrected chi connectivity index (χ1v) is 8.91. The van der Waals surface area contributed by atoms with Crippen molar-refractivity contribution < 1.29 is 5.21 Å². The fourth-order valence-corrected chi connectivity index (χ4v) is 3.48. The van der Waals surface area contributed by atoms with Gasteiger partial charge in [-0.1, -0.05) is 45.3 Å². The molecule has 0 aliphatic carbocycles. The largest absolute Gasteiger partial charge is 0.421 e. The van der Waals surface area contributed by atoms with Gasteiger partial charge in [-0.15, -0.1) is 5.10 Å². The van der Waals surface area contributed by atoms with Crippen molar-refractivity contribution in [1.29, 1.82) is 0 Å². The number of hydrogen-bond donors (Lipinski definition) is 1. The Morgan fingerprint density at radius 3 is 2.54 bits per heavy atom. The van der Waals surface area contributed by atoms with Crippen LogP contribution in [-0.4, -0.2) is 29.5 Å². The summed E-state index contributed by atoms with van der Waals surface area (Å²) in [6.07, 6.45) is 1.69. The predicted octanol–water partition coefficient (Wildman–Crippen LogP) is 2.55.